The zero-order chi connectivity index (χ0) is 23.4. The number of aromatic nitrogens is 4. The highest BCUT2D eigenvalue weighted by atomic mass is 16.5. The van der Waals surface area contributed by atoms with Gasteiger partial charge in [-0.1, -0.05) is 59.1 Å². The molecule has 33 heavy (non-hydrogen) atoms. The van der Waals surface area contributed by atoms with Gasteiger partial charge < -0.3 is 9.30 Å². The topological polar surface area (TPSA) is 61.4 Å². The summed E-state index contributed by atoms with van der Waals surface area (Å²) in [4.78, 5) is 22.6. The van der Waals surface area contributed by atoms with Crippen LogP contribution in [0, 0.1) is 5.92 Å². The lowest BCUT2D eigenvalue weighted by Crippen LogP contribution is -2.11. The fourth-order valence-electron chi connectivity index (χ4n) is 4.66. The summed E-state index contributed by atoms with van der Waals surface area (Å²) in [7, 11) is 0. The molecule has 6 nitrogen and oxygen atoms in total. The minimum atomic E-state index is -0.207. The normalized spacial score (nSPS) is 12.7. The number of fused-ring (bicyclic) bond motifs is 5. The van der Waals surface area contributed by atoms with Crippen molar-refractivity contribution in [2.75, 3.05) is 0 Å². The Balaban J connectivity index is 1.95. The van der Waals surface area contributed by atoms with E-state index < -0.39 is 0 Å². The van der Waals surface area contributed by atoms with E-state index in [-0.39, 0.29) is 5.97 Å². The second-order valence-electron chi connectivity index (χ2n) is 9.02. The van der Waals surface area contributed by atoms with Crippen molar-refractivity contribution in [3.63, 3.8) is 0 Å². The smallest absolute Gasteiger partial charge is 0.311 e. The van der Waals surface area contributed by atoms with Crippen LogP contribution in [-0.4, -0.2) is 24.9 Å². The Kier molecular flexibility index (Phi) is 7.31. The quantitative estimate of drug-likeness (QED) is 0.239. The number of ether oxygens (including phenoxy) is 1. The molecule has 0 aliphatic rings. The number of para-hydroxylation sites is 2. The van der Waals surface area contributed by atoms with Gasteiger partial charge in [-0.3, -0.25) is 9.20 Å². The predicted molar refractivity (Wildman–Crippen MR) is 134 cm³/mol. The molecule has 0 spiro atoms. The highest BCUT2D eigenvalue weighted by Gasteiger charge is 2.23. The number of benzene rings is 1. The van der Waals surface area contributed by atoms with Crippen LogP contribution in [0.15, 0.2) is 30.5 Å². The molecule has 176 valence electrons. The summed E-state index contributed by atoms with van der Waals surface area (Å²) in [6, 6.07) is 8.15. The maximum absolute atomic E-state index is 12.5. The number of hydrogen-bond donors (Lipinski definition) is 0. The van der Waals surface area contributed by atoms with Crippen LogP contribution in [0.3, 0.4) is 0 Å². The van der Waals surface area contributed by atoms with Gasteiger partial charge in [-0.25, -0.2) is 9.97 Å². The van der Waals surface area contributed by atoms with Gasteiger partial charge in [0.15, 0.2) is 11.4 Å². The fraction of sp³-hybridized carbons (Fsp3) is 0.519. The minimum absolute atomic E-state index is 0.207. The molecule has 3 aromatic heterocycles. The molecule has 0 saturated carbocycles. The maximum Gasteiger partial charge on any atom is 0.311 e. The number of nitrogens with zero attached hydrogens (tertiary/aromatic N) is 4. The third kappa shape index (κ3) is 4.61. The molecule has 0 aliphatic heterocycles. The number of carbonyl (C=O) groups is 1. The molecule has 0 radical (unpaired) electrons. The maximum atomic E-state index is 12.5. The van der Waals surface area contributed by atoms with Gasteiger partial charge in [0.2, 0.25) is 0 Å². The van der Waals surface area contributed by atoms with E-state index in [1.54, 1.807) is 0 Å². The van der Waals surface area contributed by atoms with Crippen molar-refractivity contribution in [1.82, 2.24) is 18.9 Å². The summed E-state index contributed by atoms with van der Waals surface area (Å²) in [6.07, 6.45) is 9.71. The largest absolute Gasteiger partial charge is 0.424 e. The van der Waals surface area contributed by atoms with Crippen LogP contribution in [0.1, 0.15) is 78.5 Å². The first-order chi connectivity index (χ1) is 16.1. The molecule has 0 amide bonds. The zero-order valence-electron chi connectivity index (χ0n) is 20.4. The monoisotopic (exact) mass is 448 g/mol. The second-order valence-corrected chi connectivity index (χ2v) is 9.02. The highest BCUT2D eigenvalue weighted by Crippen LogP contribution is 2.35. The number of unbranched alkanes of at least 4 members (excludes halogenated alkanes) is 1. The predicted octanol–water partition coefficient (Wildman–Crippen LogP) is 6.71. The third-order valence-electron chi connectivity index (χ3n) is 6.44. The summed E-state index contributed by atoms with van der Waals surface area (Å²) in [5.41, 5.74) is 3.66. The van der Waals surface area contributed by atoms with Crippen molar-refractivity contribution in [3.05, 3.63) is 36.3 Å². The Labute approximate surface area is 196 Å². The summed E-state index contributed by atoms with van der Waals surface area (Å²) >= 11 is 0. The lowest BCUT2D eigenvalue weighted by molar-refractivity contribution is -0.134. The Morgan fingerprint density at radius 3 is 2.58 bits per heavy atom. The van der Waals surface area contributed by atoms with Crippen LogP contribution in [0.4, 0.5) is 0 Å². The van der Waals surface area contributed by atoms with Gasteiger partial charge in [0.25, 0.3) is 0 Å². The molecule has 4 rings (SSSR count). The van der Waals surface area contributed by atoms with Crippen LogP contribution in [0.2, 0.25) is 0 Å². The van der Waals surface area contributed by atoms with Gasteiger partial charge >= 0.3 is 5.97 Å². The number of imidazole rings is 1. The van der Waals surface area contributed by atoms with Crippen LogP contribution < -0.4 is 4.74 Å². The van der Waals surface area contributed by atoms with E-state index in [0.29, 0.717) is 18.1 Å². The Hall–Kier alpha value is -2.89. The number of esters is 1. The van der Waals surface area contributed by atoms with E-state index in [1.165, 1.54) is 19.3 Å². The molecule has 0 bridgehead atoms. The molecular weight excluding hydrogens is 412 g/mol. The summed E-state index contributed by atoms with van der Waals surface area (Å²) < 4.78 is 10.2. The molecule has 0 fully saturated rings. The number of rotatable bonds is 11. The van der Waals surface area contributed by atoms with Crippen molar-refractivity contribution >= 4 is 33.7 Å². The minimum Gasteiger partial charge on any atom is -0.424 e. The molecule has 6 heteroatoms. The van der Waals surface area contributed by atoms with Gasteiger partial charge in [-0.15, -0.1) is 0 Å². The van der Waals surface area contributed by atoms with E-state index >= 15 is 0 Å². The molecule has 0 saturated heterocycles. The first-order valence-corrected chi connectivity index (χ1v) is 12.6. The van der Waals surface area contributed by atoms with E-state index in [4.69, 9.17) is 14.7 Å². The summed E-state index contributed by atoms with van der Waals surface area (Å²) in [5, 5.41) is 0.834. The average molecular weight is 449 g/mol. The molecular formula is C27H36N4O2. The molecule has 3 heterocycles. The molecule has 0 N–H and O–H groups in total. The zero-order valence-corrected chi connectivity index (χ0v) is 20.4. The van der Waals surface area contributed by atoms with Crippen LogP contribution in [0.25, 0.3) is 27.7 Å². The Morgan fingerprint density at radius 1 is 1.03 bits per heavy atom. The van der Waals surface area contributed by atoms with E-state index in [1.807, 2.05) is 31.3 Å². The van der Waals surface area contributed by atoms with Crippen LogP contribution in [0.5, 0.6) is 5.75 Å². The Bertz CT molecular complexity index is 1250. The molecule has 0 aliphatic carbocycles. The first-order valence-electron chi connectivity index (χ1n) is 12.6. The van der Waals surface area contributed by atoms with Gasteiger partial charge in [-0.2, -0.15) is 0 Å². The Morgan fingerprint density at radius 2 is 1.85 bits per heavy atom. The van der Waals surface area contributed by atoms with Crippen molar-refractivity contribution < 1.29 is 9.53 Å². The molecule has 4 aromatic rings. The van der Waals surface area contributed by atoms with Gasteiger partial charge in [0, 0.05) is 25.6 Å². The number of carbonyl (C=O) groups excluding carboxylic acids is 1. The lowest BCUT2D eigenvalue weighted by Gasteiger charge is -2.16. The van der Waals surface area contributed by atoms with Crippen molar-refractivity contribution in [3.8, 4) is 5.75 Å². The van der Waals surface area contributed by atoms with Crippen LogP contribution >= 0.6 is 0 Å². The van der Waals surface area contributed by atoms with Gasteiger partial charge in [-0.05, 0) is 37.3 Å². The average Bonchev–Trinajstić information content (AvgIpc) is 3.35. The van der Waals surface area contributed by atoms with Crippen molar-refractivity contribution in [2.45, 2.75) is 85.6 Å². The standard InChI is InChI=1S/C27H36N4O2/c1-5-9-14-19(8-4)17-30-18-22(33-24(32)13-7-3)25-26(30)29-23(12-6-2)31-21-16-11-10-15-20(21)28-27(25)31/h10-11,15-16,18-19H,5-9,12-14,17H2,1-4H3/t19-/m1/s1. The fourth-order valence-corrected chi connectivity index (χ4v) is 4.66. The molecule has 1 aromatic carbocycles. The number of hydrogen-bond acceptors (Lipinski definition) is 4. The summed E-state index contributed by atoms with van der Waals surface area (Å²) in [5.74, 6) is 1.93. The second kappa shape index (κ2) is 10.4. The highest BCUT2D eigenvalue weighted by molar-refractivity contribution is 6.00. The molecule has 1 atom stereocenters. The molecule has 0 unspecified atom stereocenters. The lowest BCUT2D eigenvalue weighted by atomic mass is 9.99. The van der Waals surface area contributed by atoms with E-state index in [9.17, 15) is 4.79 Å². The van der Waals surface area contributed by atoms with Crippen molar-refractivity contribution in [2.24, 2.45) is 5.92 Å². The van der Waals surface area contributed by atoms with Crippen LogP contribution in [-0.2, 0) is 17.8 Å². The van der Waals surface area contributed by atoms with Gasteiger partial charge in [0.05, 0.1) is 11.0 Å². The van der Waals surface area contributed by atoms with Gasteiger partial charge in [0.1, 0.15) is 16.9 Å². The third-order valence-corrected chi connectivity index (χ3v) is 6.44. The van der Waals surface area contributed by atoms with E-state index in [0.717, 1.165) is 65.8 Å². The van der Waals surface area contributed by atoms with E-state index in [2.05, 4.69) is 35.8 Å². The van der Waals surface area contributed by atoms with Crippen molar-refractivity contribution in [1.29, 1.82) is 0 Å². The first kappa shape index (κ1) is 23.3. The SMILES string of the molecule is CCCC[C@@H](CC)Cn1cc(OC(=O)CCC)c2c1nc(CCC)n1c3ccccc3nc21. The summed E-state index contributed by atoms with van der Waals surface area (Å²) in [6.45, 7) is 9.52. The number of aryl methyl sites for hydroxylation is 1.